The van der Waals surface area contributed by atoms with Crippen LogP contribution in [0.25, 0.3) is 44.8 Å². The maximum atomic E-state index is 11.5. The second-order valence-electron chi connectivity index (χ2n) is 8.96. The van der Waals surface area contributed by atoms with Crippen molar-refractivity contribution in [3.63, 3.8) is 0 Å². The molecule has 1 saturated heterocycles. The molecular formula is C25H25N7O2S. The fraction of sp³-hybridized carbons (Fsp3) is 0.200. The van der Waals surface area contributed by atoms with E-state index in [9.17, 15) is 8.42 Å². The Hall–Kier alpha value is -3.73. The van der Waals surface area contributed by atoms with Crippen LogP contribution in [0.4, 0.5) is 5.69 Å². The van der Waals surface area contributed by atoms with Gasteiger partial charge in [-0.25, -0.2) is 23.5 Å². The number of nitrogens with two attached hydrogens (primary N) is 1. The monoisotopic (exact) mass is 487 g/mol. The molecule has 9 nitrogen and oxygen atoms in total. The molecule has 0 unspecified atom stereocenters. The molecular weight excluding hydrogens is 462 g/mol. The molecule has 35 heavy (non-hydrogen) atoms. The molecule has 0 atom stereocenters. The van der Waals surface area contributed by atoms with E-state index in [-0.39, 0.29) is 4.90 Å². The van der Waals surface area contributed by atoms with E-state index in [1.807, 2.05) is 18.2 Å². The summed E-state index contributed by atoms with van der Waals surface area (Å²) in [6.07, 6.45) is 0. The van der Waals surface area contributed by atoms with Crippen LogP contribution < -0.4 is 10.0 Å². The predicted octanol–water partition coefficient (Wildman–Crippen LogP) is 3.17. The van der Waals surface area contributed by atoms with E-state index in [1.54, 1.807) is 12.1 Å². The molecule has 0 aliphatic carbocycles. The number of rotatable bonds is 4. The van der Waals surface area contributed by atoms with Gasteiger partial charge in [-0.3, -0.25) is 0 Å². The molecule has 1 fully saturated rings. The van der Waals surface area contributed by atoms with E-state index in [0.29, 0.717) is 5.82 Å². The number of imidazole rings is 2. The van der Waals surface area contributed by atoms with E-state index in [2.05, 4.69) is 45.0 Å². The number of hydrogen-bond donors (Lipinski definition) is 3. The molecule has 10 heteroatoms. The Morgan fingerprint density at radius 2 is 1.34 bits per heavy atom. The normalized spacial score (nSPS) is 15.3. The van der Waals surface area contributed by atoms with Crippen molar-refractivity contribution in [2.24, 2.45) is 5.14 Å². The lowest BCUT2D eigenvalue weighted by atomic mass is 10.2. The third-order valence-electron chi connectivity index (χ3n) is 6.55. The number of sulfonamides is 1. The van der Waals surface area contributed by atoms with Crippen molar-refractivity contribution in [3.05, 3.63) is 60.7 Å². The van der Waals surface area contributed by atoms with Gasteiger partial charge in [0.15, 0.2) is 0 Å². The van der Waals surface area contributed by atoms with Crippen molar-refractivity contribution in [1.82, 2.24) is 24.8 Å². The van der Waals surface area contributed by atoms with Crippen molar-refractivity contribution < 1.29 is 8.42 Å². The molecule has 178 valence electrons. The number of anilines is 1. The number of aromatic amines is 2. The molecule has 0 saturated carbocycles. The van der Waals surface area contributed by atoms with Crippen molar-refractivity contribution in [2.75, 3.05) is 38.1 Å². The summed E-state index contributed by atoms with van der Waals surface area (Å²) < 4.78 is 23.0. The van der Waals surface area contributed by atoms with Crippen LogP contribution in [0.3, 0.4) is 0 Å². The van der Waals surface area contributed by atoms with Crippen LogP contribution in [0.1, 0.15) is 0 Å². The zero-order chi connectivity index (χ0) is 24.2. The second-order valence-corrected chi connectivity index (χ2v) is 10.5. The molecule has 3 heterocycles. The highest BCUT2D eigenvalue weighted by Gasteiger charge is 2.16. The van der Waals surface area contributed by atoms with E-state index < -0.39 is 10.0 Å². The van der Waals surface area contributed by atoms with Crippen molar-refractivity contribution in [1.29, 1.82) is 0 Å². The van der Waals surface area contributed by atoms with Gasteiger partial charge in [0.25, 0.3) is 0 Å². The van der Waals surface area contributed by atoms with Gasteiger partial charge in [0.1, 0.15) is 11.6 Å². The van der Waals surface area contributed by atoms with E-state index >= 15 is 0 Å². The third-order valence-corrected chi connectivity index (χ3v) is 7.48. The molecule has 5 aromatic rings. The summed E-state index contributed by atoms with van der Waals surface area (Å²) in [6.45, 7) is 4.15. The predicted molar refractivity (Wildman–Crippen MR) is 138 cm³/mol. The largest absolute Gasteiger partial charge is 0.369 e. The summed E-state index contributed by atoms with van der Waals surface area (Å²) in [5.74, 6) is 1.44. The minimum absolute atomic E-state index is 0.0697. The van der Waals surface area contributed by atoms with E-state index in [1.165, 1.54) is 17.8 Å². The zero-order valence-corrected chi connectivity index (χ0v) is 20.0. The topological polar surface area (TPSA) is 124 Å². The molecule has 4 N–H and O–H groups in total. The van der Waals surface area contributed by atoms with Crippen LogP contribution >= 0.6 is 0 Å². The fourth-order valence-corrected chi connectivity index (χ4v) is 5.00. The van der Waals surface area contributed by atoms with Crippen molar-refractivity contribution >= 4 is 37.8 Å². The molecule has 0 bridgehead atoms. The summed E-state index contributed by atoms with van der Waals surface area (Å²) in [6, 6.07) is 18.7. The molecule has 0 amide bonds. The Morgan fingerprint density at radius 3 is 2.00 bits per heavy atom. The number of H-pyrrole nitrogens is 2. The Labute approximate surface area is 202 Å². The summed E-state index contributed by atoms with van der Waals surface area (Å²) in [7, 11) is -1.57. The number of nitrogens with one attached hydrogen (secondary N) is 2. The SMILES string of the molecule is CN1CCN(c2ccc3[nH]c(-c4ccc5[nH]c(-c6ccc(S(N)(=O)=O)cc6)nc5c4)nc3c2)CC1. The average molecular weight is 488 g/mol. The minimum Gasteiger partial charge on any atom is -0.369 e. The number of aromatic nitrogens is 4. The lowest BCUT2D eigenvalue weighted by Gasteiger charge is -2.34. The minimum atomic E-state index is -3.73. The first-order chi connectivity index (χ1) is 16.8. The standard InChI is InChI=1S/C25H25N7O2S/c1-31-10-12-32(13-11-31)18-5-9-21-23(15-18)30-25(28-21)17-4-8-20-22(14-17)29-24(27-20)16-2-6-19(7-3-16)35(26,33)34/h2-9,14-15H,10-13H2,1H3,(H,27,29)(H,28,30)(H2,26,33,34). The van der Waals surface area contributed by atoms with Gasteiger partial charge in [0.05, 0.1) is 27.0 Å². The Balaban J connectivity index is 1.30. The summed E-state index contributed by atoms with van der Waals surface area (Å²) in [5, 5.41) is 5.19. The first-order valence-electron chi connectivity index (χ1n) is 11.4. The molecule has 6 rings (SSSR count). The second kappa shape index (κ2) is 8.19. The first kappa shape index (κ1) is 21.8. The number of piperazine rings is 1. The smallest absolute Gasteiger partial charge is 0.238 e. The summed E-state index contributed by atoms with van der Waals surface area (Å²) in [5.41, 5.74) is 6.53. The lowest BCUT2D eigenvalue weighted by molar-refractivity contribution is 0.313. The average Bonchev–Trinajstić information content (AvgIpc) is 3.47. The molecule has 3 aromatic carbocycles. The Kier molecular flexibility index (Phi) is 5.10. The fourth-order valence-electron chi connectivity index (χ4n) is 4.48. The summed E-state index contributed by atoms with van der Waals surface area (Å²) in [4.78, 5) is 21.1. The highest BCUT2D eigenvalue weighted by molar-refractivity contribution is 7.89. The summed E-state index contributed by atoms with van der Waals surface area (Å²) >= 11 is 0. The van der Waals surface area contributed by atoms with Crippen molar-refractivity contribution in [2.45, 2.75) is 4.90 Å². The first-order valence-corrected chi connectivity index (χ1v) is 12.9. The Bertz CT molecular complexity index is 1650. The van der Waals surface area contributed by atoms with Gasteiger partial charge in [-0.05, 0) is 67.7 Å². The highest BCUT2D eigenvalue weighted by atomic mass is 32.2. The number of primary sulfonamides is 1. The van der Waals surface area contributed by atoms with Gasteiger partial charge in [-0.1, -0.05) is 0 Å². The van der Waals surface area contributed by atoms with Gasteiger partial charge >= 0.3 is 0 Å². The van der Waals surface area contributed by atoms with Gasteiger partial charge < -0.3 is 19.8 Å². The number of benzene rings is 3. The van der Waals surface area contributed by atoms with Gasteiger partial charge in [-0.2, -0.15) is 0 Å². The van der Waals surface area contributed by atoms with Crippen molar-refractivity contribution in [3.8, 4) is 22.8 Å². The van der Waals surface area contributed by atoms with Crippen LogP contribution in [-0.4, -0.2) is 66.5 Å². The quantitative estimate of drug-likeness (QED) is 0.358. The maximum absolute atomic E-state index is 11.5. The van der Waals surface area contributed by atoms with E-state index in [4.69, 9.17) is 15.1 Å². The van der Waals surface area contributed by atoms with Crippen LogP contribution in [-0.2, 0) is 10.0 Å². The van der Waals surface area contributed by atoms with Gasteiger partial charge in [0.2, 0.25) is 10.0 Å². The van der Waals surface area contributed by atoms with Gasteiger partial charge in [0, 0.05) is 43.0 Å². The van der Waals surface area contributed by atoms with E-state index in [0.717, 1.165) is 65.2 Å². The van der Waals surface area contributed by atoms with Gasteiger partial charge in [-0.15, -0.1) is 0 Å². The zero-order valence-electron chi connectivity index (χ0n) is 19.2. The highest BCUT2D eigenvalue weighted by Crippen LogP contribution is 2.28. The molecule has 1 aliphatic heterocycles. The molecule has 0 spiro atoms. The van der Waals surface area contributed by atoms with Crippen LogP contribution in [0.15, 0.2) is 65.6 Å². The number of nitrogens with zero attached hydrogens (tertiary/aromatic N) is 4. The third kappa shape index (κ3) is 4.16. The lowest BCUT2D eigenvalue weighted by Crippen LogP contribution is -2.44. The van der Waals surface area contributed by atoms with Crippen LogP contribution in [0, 0.1) is 0 Å². The molecule has 2 aromatic heterocycles. The number of likely N-dealkylation sites (N-methyl/N-ethyl adjacent to an activating group) is 1. The van der Waals surface area contributed by atoms with Crippen LogP contribution in [0.2, 0.25) is 0 Å². The number of fused-ring (bicyclic) bond motifs is 2. The maximum Gasteiger partial charge on any atom is 0.238 e. The molecule has 1 aliphatic rings. The molecule has 0 radical (unpaired) electrons. The Morgan fingerprint density at radius 1 is 0.771 bits per heavy atom. The van der Waals surface area contributed by atoms with Crippen LogP contribution in [0.5, 0.6) is 0 Å². The number of hydrogen-bond acceptors (Lipinski definition) is 6.